The van der Waals surface area contributed by atoms with E-state index in [2.05, 4.69) is 5.32 Å². The van der Waals surface area contributed by atoms with Crippen molar-refractivity contribution in [2.45, 2.75) is 38.1 Å². The SMILES string of the molecule is C[C@H](COc1ccccc1F)NC(=O)N1CC[S@@](=O)[C@H](C)[C@@H]1C. The second-order valence-corrected chi connectivity index (χ2v) is 7.73. The predicted molar refractivity (Wildman–Crippen MR) is 88.5 cm³/mol. The van der Waals surface area contributed by atoms with Crippen LogP contribution in [0.3, 0.4) is 0 Å². The lowest BCUT2D eigenvalue weighted by molar-refractivity contribution is 0.170. The molecule has 1 fully saturated rings. The zero-order valence-electron chi connectivity index (χ0n) is 13.6. The third-order valence-electron chi connectivity index (χ3n) is 4.08. The molecule has 1 aliphatic rings. The van der Waals surface area contributed by atoms with E-state index in [0.717, 1.165) is 0 Å². The first-order valence-corrected chi connectivity index (χ1v) is 9.10. The van der Waals surface area contributed by atoms with E-state index >= 15 is 0 Å². The Balaban J connectivity index is 1.85. The van der Waals surface area contributed by atoms with Gasteiger partial charge in [0.1, 0.15) is 6.61 Å². The molecule has 128 valence electrons. The standard InChI is InChI=1S/C16H23FN2O3S/c1-11(10-22-15-7-5-4-6-14(15)17)18-16(20)19-8-9-23(21)13(3)12(19)2/h4-7,11-13H,8-10H2,1-3H3,(H,18,20)/t11-,12+,13-,23-/m1/s1. The third kappa shape index (κ3) is 4.43. The van der Waals surface area contributed by atoms with Gasteiger partial charge in [0, 0.05) is 29.1 Å². The van der Waals surface area contributed by atoms with E-state index in [9.17, 15) is 13.4 Å². The lowest BCUT2D eigenvalue weighted by atomic mass is 10.2. The average Bonchev–Trinajstić information content (AvgIpc) is 2.52. The molecule has 23 heavy (non-hydrogen) atoms. The minimum absolute atomic E-state index is 0.0422. The maximum Gasteiger partial charge on any atom is 0.318 e. The number of nitrogens with zero attached hydrogens (tertiary/aromatic N) is 1. The van der Waals surface area contributed by atoms with Gasteiger partial charge in [0.25, 0.3) is 0 Å². The fraction of sp³-hybridized carbons (Fsp3) is 0.562. The highest BCUT2D eigenvalue weighted by Gasteiger charge is 2.33. The molecule has 4 atom stereocenters. The lowest BCUT2D eigenvalue weighted by Gasteiger charge is -2.37. The van der Waals surface area contributed by atoms with Crippen molar-refractivity contribution < 1.29 is 18.1 Å². The summed E-state index contributed by atoms with van der Waals surface area (Å²) in [6, 6.07) is 5.62. The molecule has 1 aromatic carbocycles. The van der Waals surface area contributed by atoms with Gasteiger partial charge in [-0.1, -0.05) is 12.1 Å². The van der Waals surface area contributed by atoms with Gasteiger partial charge in [0.05, 0.1) is 11.3 Å². The van der Waals surface area contributed by atoms with Crippen molar-refractivity contribution in [3.63, 3.8) is 0 Å². The monoisotopic (exact) mass is 342 g/mol. The molecule has 1 aromatic rings. The van der Waals surface area contributed by atoms with E-state index in [1.54, 1.807) is 30.0 Å². The smallest absolute Gasteiger partial charge is 0.318 e. The molecule has 5 nitrogen and oxygen atoms in total. The number of hydrogen-bond donors (Lipinski definition) is 1. The van der Waals surface area contributed by atoms with Crippen LogP contribution in [0.25, 0.3) is 0 Å². The fourth-order valence-electron chi connectivity index (χ4n) is 2.45. The normalized spacial score (nSPS) is 25.7. The minimum atomic E-state index is -0.884. The van der Waals surface area contributed by atoms with Crippen molar-refractivity contribution in [3.05, 3.63) is 30.1 Å². The van der Waals surface area contributed by atoms with Crippen LogP contribution in [0.5, 0.6) is 5.75 Å². The number of amides is 2. The number of para-hydroxylation sites is 1. The number of halogens is 1. The summed E-state index contributed by atoms with van der Waals surface area (Å²) in [6.07, 6.45) is 0. The topological polar surface area (TPSA) is 58.6 Å². The van der Waals surface area contributed by atoms with Crippen molar-refractivity contribution in [3.8, 4) is 5.75 Å². The van der Waals surface area contributed by atoms with Gasteiger partial charge in [-0.05, 0) is 32.9 Å². The molecule has 0 saturated carbocycles. The van der Waals surface area contributed by atoms with Crippen LogP contribution in [0.15, 0.2) is 24.3 Å². The zero-order valence-corrected chi connectivity index (χ0v) is 14.4. The van der Waals surface area contributed by atoms with E-state index < -0.39 is 16.6 Å². The second kappa shape index (κ2) is 7.77. The summed E-state index contributed by atoms with van der Waals surface area (Å²) < 4.78 is 30.7. The summed E-state index contributed by atoms with van der Waals surface area (Å²) in [5.41, 5.74) is 0. The van der Waals surface area contributed by atoms with Gasteiger partial charge in [0.15, 0.2) is 11.6 Å². The van der Waals surface area contributed by atoms with Gasteiger partial charge in [-0.25, -0.2) is 9.18 Å². The van der Waals surface area contributed by atoms with Crippen LogP contribution in [-0.2, 0) is 10.8 Å². The maximum absolute atomic E-state index is 13.5. The molecule has 1 aliphatic heterocycles. The van der Waals surface area contributed by atoms with Crippen LogP contribution in [0, 0.1) is 5.82 Å². The molecule has 0 aliphatic carbocycles. The highest BCUT2D eigenvalue weighted by Crippen LogP contribution is 2.17. The molecule has 7 heteroatoms. The molecule has 0 aromatic heterocycles. The summed E-state index contributed by atoms with van der Waals surface area (Å²) >= 11 is 0. The molecule has 0 unspecified atom stereocenters. The quantitative estimate of drug-likeness (QED) is 0.912. The first-order chi connectivity index (χ1) is 10.9. The Morgan fingerprint density at radius 1 is 1.48 bits per heavy atom. The Hall–Kier alpha value is -1.63. The second-order valence-electron chi connectivity index (χ2n) is 5.82. The molecule has 2 amide bonds. The molecule has 0 spiro atoms. The zero-order chi connectivity index (χ0) is 17.0. The summed E-state index contributed by atoms with van der Waals surface area (Å²) in [5, 5.41) is 2.80. The number of benzene rings is 1. The van der Waals surface area contributed by atoms with Gasteiger partial charge < -0.3 is 15.0 Å². The van der Waals surface area contributed by atoms with Crippen molar-refractivity contribution >= 4 is 16.8 Å². The van der Waals surface area contributed by atoms with E-state index in [4.69, 9.17) is 4.74 Å². The van der Waals surface area contributed by atoms with E-state index in [1.165, 1.54) is 6.07 Å². The van der Waals surface area contributed by atoms with E-state index in [0.29, 0.717) is 12.3 Å². The number of rotatable bonds is 4. The first kappa shape index (κ1) is 17.7. The molecular weight excluding hydrogens is 319 g/mol. The van der Waals surface area contributed by atoms with E-state index in [1.807, 2.05) is 13.8 Å². The molecule has 0 radical (unpaired) electrons. The summed E-state index contributed by atoms with van der Waals surface area (Å²) in [5.74, 6) is 0.245. The van der Waals surface area contributed by atoms with Gasteiger partial charge in [-0.2, -0.15) is 0 Å². The third-order valence-corrected chi connectivity index (χ3v) is 5.88. The van der Waals surface area contributed by atoms with E-state index in [-0.39, 0.29) is 35.7 Å². The van der Waals surface area contributed by atoms with Crippen LogP contribution in [0.1, 0.15) is 20.8 Å². The maximum atomic E-state index is 13.5. The highest BCUT2D eigenvalue weighted by atomic mass is 32.2. The van der Waals surface area contributed by atoms with Gasteiger partial charge in [-0.3, -0.25) is 4.21 Å². The largest absolute Gasteiger partial charge is 0.488 e. The van der Waals surface area contributed by atoms with Crippen molar-refractivity contribution in [2.24, 2.45) is 0 Å². The Kier molecular flexibility index (Phi) is 5.98. The summed E-state index contributed by atoms with van der Waals surface area (Å²) in [7, 11) is -0.884. The van der Waals surface area contributed by atoms with Crippen LogP contribution in [-0.4, -0.2) is 51.4 Å². The first-order valence-electron chi connectivity index (χ1n) is 7.71. The van der Waals surface area contributed by atoms with Gasteiger partial charge >= 0.3 is 6.03 Å². The molecule has 1 heterocycles. The average molecular weight is 342 g/mol. The predicted octanol–water partition coefficient (Wildman–Crippen LogP) is 2.14. The highest BCUT2D eigenvalue weighted by molar-refractivity contribution is 7.85. The lowest BCUT2D eigenvalue weighted by Crippen LogP contribution is -2.56. The molecule has 1 saturated heterocycles. The molecule has 2 rings (SSSR count). The number of hydrogen-bond acceptors (Lipinski definition) is 3. The minimum Gasteiger partial charge on any atom is -0.488 e. The molecule has 1 N–H and O–H groups in total. The van der Waals surface area contributed by atoms with Crippen LogP contribution < -0.4 is 10.1 Å². The van der Waals surface area contributed by atoms with Crippen LogP contribution in [0.2, 0.25) is 0 Å². The van der Waals surface area contributed by atoms with Crippen LogP contribution >= 0.6 is 0 Å². The number of urea groups is 1. The van der Waals surface area contributed by atoms with Crippen molar-refractivity contribution in [2.75, 3.05) is 18.9 Å². The van der Waals surface area contributed by atoms with Crippen molar-refractivity contribution in [1.82, 2.24) is 10.2 Å². The number of carbonyl (C=O) groups excluding carboxylic acids is 1. The fourth-order valence-corrected chi connectivity index (χ4v) is 3.78. The Morgan fingerprint density at radius 2 is 2.17 bits per heavy atom. The molecule has 0 bridgehead atoms. The summed E-state index contributed by atoms with van der Waals surface area (Å²) in [4.78, 5) is 14.0. The van der Waals surface area contributed by atoms with Crippen molar-refractivity contribution in [1.29, 1.82) is 0 Å². The van der Waals surface area contributed by atoms with Crippen LogP contribution in [0.4, 0.5) is 9.18 Å². The summed E-state index contributed by atoms with van der Waals surface area (Å²) in [6.45, 7) is 6.25. The Labute approximate surface area is 138 Å². The Bertz CT molecular complexity index is 584. The number of ether oxygens (including phenoxy) is 1. The Morgan fingerprint density at radius 3 is 2.87 bits per heavy atom. The molecular formula is C16H23FN2O3S. The van der Waals surface area contributed by atoms with Gasteiger partial charge in [-0.15, -0.1) is 0 Å². The van der Waals surface area contributed by atoms with Gasteiger partial charge in [0.2, 0.25) is 0 Å². The number of nitrogens with one attached hydrogen (secondary N) is 1. The number of carbonyl (C=O) groups is 1.